The number of fused-ring (bicyclic) bond motifs is 2. The molecule has 5 rings (SSSR count). The van der Waals surface area contributed by atoms with Crippen molar-refractivity contribution >= 4 is 5.97 Å². The molecule has 132 valence electrons. The number of aliphatic hydroxyl groups is 2. The molecule has 2 bridgehead atoms. The summed E-state index contributed by atoms with van der Waals surface area (Å²) in [7, 11) is 0. The first-order chi connectivity index (χ1) is 11.2. The maximum absolute atomic E-state index is 12.7. The van der Waals surface area contributed by atoms with Gasteiger partial charge in [0.05, 0.1) is 17.6 Å². The van der Waals surface area contributed by atoms with Crippen LogP contribution in [0, 0.1) is 34.0 Å². The molecular formula is C20H28O4. The van der Waals surface area contributed by atoms with E-state index in [1.54, 1.807) is 0 Å². The summed E-state index contributed by atoms with van der Waals surface area (Å²) in [4.78, 5) is 12.7. The highest BCUT2D eigenvalue weighted by molar-refractivity contribution is 5.80. The Bertz CT molecular complexity index is 644. The van der Waals surface area contributed by atoms with Crippen molar-refractivity contribution < 1.29 is 19.7 Å². The second-order valence-corrected chi connectivity index (χ2v) is 9.80. The van der Waals surface area contributed by atoms with Crippen molar-refractivity contribution in [3.8, 4) is 0 Å². The molecule has 0 radical (unpaired) electrons. The highest BCUT2D eigenvalue weighted by atomic mass is 16.6. The Morgan fingerprint density at radius 2 is 2.00 bits per heavy atom. The van der Waals surface area contributed by atoms with Crippen LogP contribution in [0.25, 0.3) is 0 Å². The molecule has 1 heterocycles. The minimum atomic E-state index is -0.626. The van der Waals surface area contributed by atoms with Crippen LogP contribution in [0.3, 0.4) is 0 Å². The molecule has 0 aromatic rings. The Kier molecular flexibility index (Phi) is 2.74. The van der Waals surface area contributed by atoms with Crippen molar-refractivity contribution in [1.82, 2.24) is 0 Å². The summed E-state index contributed by atoms with van der Waals surface area (Å²) in [6.45, 7) is 8.55. The van der Waals surface area contributed by atoms with E-state index in [1.807, 2.05) is 6.92 Å². The number of ether oxygens (including phenoxy) is 1. The topological polar surface area (TPSA) is 66.8 Å². The molecule has 4 saturated carbocycles. The van der Waals surface area contributed by atoms with Gasteiger partial charge in [-0.15, -0.1) is 0 Å². The standard InChI is InChI=1S/C20H28O4/c1-10-8-20-9-11(10)12(21)7-13(20)18(2)5-4-6-19(3)15(18)14(16(20)22)24-17(19)23/h11-16,21-22H,1,4-9H2,2-3H3/t11-,12+,13+,14-,15+,16+,18+,19-,20+/m1/s1. The van der Waals surface area contributed by atoms with Crippen LogP contribution in [0.4, 0.5) is 0 Å². The molecule has 2 N–H and O–H groups in total. The predicted molar refractivity (Wildman–Crippen MR) is 87.9 cm³/mol. The number of rotatable bonds is 0. The zero-order valence-corrected chi connectivity index (χ0v) is 14.6. The van der Waals surface area contributed by atoms with Gasteiger partial charge < -0.3 is 14.9 Å². The molecule has 0 unspecified atom stereocenters. The van der Waals surface area contributed by atoms with E-state index in [9.17, 15) is 15.0 Å². The van der Waals surface area contributed by atoms with Gasteiger partial charge in [-0.05, 0) is 50.4 Å². The van der Waals surface area contributed by atoms with Gasteiger partial charge >= 0.3 is 5.97 Å². The summed E-state index contributed by atoms with van der Waals surface area (Å²) >= 11 is 0. The first kappa shape index (κ1) is 15.4. The molecular weight excluding hydrogens is 304 g/mol. The zero-order chi connectivity index (χ0) is 17.1. The van der Waals surface area contributed by atoms with Gasteiger partial charge in [0.2, 0.25) is 0 Å². The fraction of sp³-hybridized carbons (Fsp3) is 0.850. The Morgan fingerprint density at radius 1 is 1.25 bits per heavy atom. The van der Waals surface area contributed by atoms with E-state index in [2.05, 4.69) is 13.5 Å². The predicted octanol–water partition coefficient (Wildman–Crippen LogP) is 2.43. The molecule has 1 spiro atoms. The van der Waals surface area contributed by atoms with Crippen LogP contribution in [0.15, 0.2) is 12.2 Å². The third-order valence-corrected chi connectivity index (χ3v) is 8.86. The number of hydrogen-bond acceptors (Lipinski definition) is 4. The third-order valence-electron chi connectivity index (χ3n) is 8.86. The summed E-state index contributed by atoms with van der Waals surface area (Å²) < 4.78 is 5.84. The molecule has 0 amide bonds. The summed E-state index contributed by atoms with van der Waals surface area (Å²) in [5.41, 5.74) is 0.283. The SMILES string of the molecule is C=C1C[C@]23C[C@H]1[C@@H](O)C[C@H]2[C@]1(C)CCC[C@@]2(C)C(=O)O[C@@H]([C@@H]3O)[C@@H]12. The number of carbonyl (C=O) groups excluding carboxylic acids is 1. The van der Waals surface area contributed by atoms with Crippen molar-refractivity contribution in [1.29, 1.82) is 0 Å². The van der Waals surface area contributed by atoms with Crippen LogP contribution in [-0.2, 0) is 9.53 Å². The van der Waals surface area contributed by atoms with Crippen LogP contribution in [0.2, 0.25) is 0 Å². The van der Waals surface area contributed by atoms with Gasteiger partial charge in [-0.1, -0.05) is 25.5 Å². The van der Waals surface area contributed by atoms with Crippen molar-refractivity contribution in [2.24, 2.45) is 34.0 Å². The average Bonchev–Trinajstić information content (AvgIpc) is 2.96. The van der Waals surface area contributed by atoms with Crippen molar-refractivity contribution in [2.75, 3.05) is 0 Å². The fourth-order valence-electron chi connectivity index (χ4n) is 7.98. The van der Waals surface area contributed by atoms with Gasteiger partial charge in [-0.3, -0.25) is 4.79 Å². The molecule has 4 nitrogen and oxygen atoms in total. The lowest BCUT2D eigenvalue weighted by Crippen LogP contribution is -2.66. The lowest BCUT2D eigenvalue weighted by atomic mass is 9.40. The third kappa shape index (κ3) is 1.44. The zero-order valence-electron chi connectivity index (χ0n) is 14.6. The molecule has 4 heteroatoms. The van der Waals surface area contributed by atoms with Gasteiger partial charge in [-0.25, -0.2) is 0 Å². The maximum Gasteiger partial charge on any atom is 0.312 e. The number of aliphatic hydroxyl groups excluding tert-OH is 2. The second kappa shape index (κ2) is 4.27. The summed E-state index contributed by atoms with van der Waals surface area (Å²) in [5, 5.41) is 22.1. The molecule has 1 saturated heterocycles. The Hall–Kier alpha value is -0.870. The fourth-order valence-corrected chi connectivity index (χ4v) is 7.98. The lowest BCUT2D eigenvalue weighted by molar-refractivity contribution is -0.229. The molecule has 5 aliphatic rings. The minimum Gasteiger partial charge on any atom is -0.459 e. The summed E-state index contributed by atoms with van der Waals surface area (Å²) in [6.07, 6.45) is 3.86. The molecule has 0 aromatic heterocycles. The smallest absolute Gasteiger partial charge is 0.312 e. The van der Waals surface area contributed by atoms with Crippen LogP contribution in [0.5, 0.6) is 0 Å². The first-order valence-electron chi connectivity index (χ1n) is 9.49. The van der Waals surface area contributed by atoms with Gasteiger partial charge in [-0.2, -0.15) is 0 Å². The van der Waals surface area contributed by atoms with E-state index >= 15 is 0 Å². The van der Waals surface area contributed by atoms with Crippen LogP contribution in [0.1, 0.15) is 52.4 Å². The highest BCUT2D eigenvalue weighted by Crippen LogP contribution is 2.74. The Balaban J connectivity index is 1.70. The number of hydrogen-bond donors (Lipinski definition) is 2. The monoisotopic (exact) mass is 332 g/mol. The Morgan fingerprint density at radius 3 is 2.75 bits per heavy atom. The molecule has 9 atom stereocenters. The van der Waals surface area contributed by atoms with E-state index in [0.29, 0.717) is 0 Å². The van der Waals surface area contributed by atoms with E-state index < -0.39 is 11.5 Å². The first-order valence-corrected chi connectivity index (χ1v) is 9.49. The van der Waals surface area contributed by atoms with Gasteiger partial charge in [0.25, 0.3) is 0 Å². The van der Waals surface area contributed by atoms with Crippen molar-refractivity contribution in [3.63, 3.8) is 0 Å². The summed E-state index contributed by atoms with van der Waals surface area (Å²) in [5.74, 6) is 0.282. The van der Waals surface area contributed by atoms with Gasteiger partial charge in [0, 0.05) is 17.3 Å². The maximum atomic E-state index is 12.7. The molecule has 0 aromatic carbocycles. The van der Waals surface area contributed by atoms with Crippen molar-refractivity contribution in [2.45, 2.75) is 70.7 Å². The van der Waals surface area contributed by atoms with Gasteiger partial charge in [0.1, 0.15) is 6.10 Å². The van der Waals surface area contributed by atoms with E-state index in [1.165, 1.54) is 0 Å². The second-order valence-electron chi connectivity index (χ2n) is 9.80. The Labute approximate surface area is 143 Å². The van der Waals surface area contributed by atoms with Crippen LogP contribution >= 0.6 is 0 Å². The van der Waals surface area contributed by atoms with E-state index in [0.717, 1.165) is 44.1 Å². The molecule has 1 aliphatic heterocycles. The van der Waals surface area contributed by atoms with E-state index in [4.69, 9.17) is 4.74 Å². The quantitative estimate of drug-likeness (QED) is 0.528. The number of carbonyl (C=O) groups is 1. The van der Waals surface area contributed by atoms with Crippen molar-refractivity contribution in [3.05, 3.63) is 12.2 Å². The minimum absolute atomic E-state index is 0.0559. The normalized spacial score (nSPS) is 61.3. The number of esters is 1. The lowest BCUT2D eigenvalue weighted by Gasteiger charge is -2.64. The molecule has 4 aliphatic carbocycles. The van der Waals surface area contributed by atoms with E-state index in [-0.39, 0.29) is 46.8 Å². The average molecular weight is 332 g/mol. The largest absolute Gasteiger partial charge is 0.459 e. The molecule has 24 heavy (non-hydrogen) atoms. The summed E-state index contributed by atoms with van der Waals surface area (Å²) in [6, 6.07) is 0. The van der Waals surface area contributed by atoms with Crippen LogP contribution in [-0.4, -0.2) is 34.5 Å². The molecule has 5 fully saturated rings. The van der Waals surface area contributed by atoms with Crippen LogP contribution < -0.4 is 0 Å². The highest BCUT2D eigenvalue weighted by Gasteiger charge is 2.75. The van der Waals surface area contributed by atoms with Gasteiger partial charge in [0.15, 0.2) is 0 Å².